The maximum Gasteiger partial charge on any atom is 0.248 e. The van der Waals surface area contributed by atoms with Crippen LogP contribution >= 0.6 is 15.9 Å². The lowest BCUT2D eigenvalue weighted by Gasteiger charge is -1.98. The Bertz CT molecular complexity index is 551. The Morgan fingerprint density at radius 2 is 2.16 bits per heavy atom. The molecule has 0 unspecified atom stereocenters. The van der Waals surface area contributed by atoms with Crippen LogP contribution in [0.2, 0.25) is 0 Å². The van der Waals surface area contributed by atoms with E-state index in [-0.39, 0.29) is 0 Å². The van der Waals surface area contributed by atoms with Crippen molar-refractivity contribution in [3.8, 4) is 11.5 Å². The molecule has 0 atom stereocenters. The van der Waals surface area contributed by atoms with Crippen molar-refractivity contribution in [1.82, 2.24) is 15.5 Å². The highest BCUT2D eigenvalue weighted by Crippen LogP contribution is 2.26. The van der Waals surface area contributed by atoms with E-state index in [0.29, 0.717) is 18.3 Å². The van der Waals surface area contributed by atoms with Crippen molar-refractivity contribution in [3.63, 3.8) is 0 Å². The standard InChI is InChI=1S/C14H16BrN3O/c1-2-3-6-9-16-10-13-17-18-14(19-13)11-7-4-5-8-12(11)15/h2-5,7-8,16H,6,9-10H2,1H3/b3-2+. The normalized spacial score (nSPS) is 11.3. The molecule has 0 fully saturated rings. The van der Waals surface area contributed by atoms with Gasteiger partial charge in [-0.1, -0.05) is 24.3 Å². The quantitative estimate of drug-likeness (QED) is 0.653. The van der Waals surface area contributed by atoms with Gasteiger partial charge in [0.25, 0.3) is 0 Å². The van der Waals surface area contributed by atoms with Crippen LogP contribution in [0.1, 0.15) is 19.2 Å². The zero-order chi connectivity index (χ0) is 13.5. The maximum atomic E-state index is 5.62. The molecule has 0 spiro atoms. The zero-order valence-corrected chi connectivity index (χ0v) is 12.4. The monoisotopic (exact) mass is 321 g/mol. The molecule has 2 aromatic rings. The summed E-state index contributed by atoms with van der Waals surface area (Å²) in [5.41, 5.74) is 0.912. The predicted molar refractivity (Wildman–Crippen MR) is 78.6 cm³/mol. The summed E-state index contributed by atoms with van der Waals surface area (Å²) in [5.74, 6) is 1.14. The molecule has 100 valence electrons. The van der Waals surface area contributed by atoms with Crippen molar-refractivity contribution >= 4 is 15.9 Å². The number of aromatic nitrogens is 2. The van der Waals surface area contributed by atoms with E-state index in [0.717, 1.165) is 23.0 Å². The molecule has 1 heterocycles. The molecule has 0 aliphatic carbocycles. The summed E-state index contributed by atoms with van der Waals surface area (Å²) in [6.07, 6.45) is 5.16. The number of nitrogens with one attached hydrogen (secondary N) is 1. The summed E-state index contributed by atoms with van der Waals surface area (Å²) in [4.78, 5) is 0. The summed E-state index contributed by atoms with van der Waals surface area (Å²) in [6.45, 7) is 3.51. The smallest absolute Gasteiger partial charge is 0.248 e. The topological polar surface area (TPSA) is 51.0 Å². The van der Waals surface area contributed by atoms with Crippen LogP contribution in [0.4, 0.5) is 0 Å². The van der Waals surface area contributed by atoms with Gasteiger partial charge in [0, 0.05) is 4.47 Å². The Morgan fingerprint density at radius 1 is 1.32 bits per heavy atom. The molecule has 1 N–H and O–H groups in total. The van der Waals surface area contributed by atoms with Crippen LogP contribution in [-0.4, -0.2) is 16.7 Å². The van der Waals surface area contributed by atoms with Crippen LogP contribution in [0.25, 0.3) is 11.5 Å². The van der Waals surface area contributed by atoms with Crippen LogP contribution in [0.3, 0.4) is 0 Å². The molecular weight excluding hydrogens is 306 g/mol. The lowest BCUT2D eigenvalue weighted by Crippen LogP contribution is -2.14. The largest absolute Gasteiger partial charge is 0.419 e. The Hall–Kier alpha value is -1.46. The third-order valence-electron chi connectivity index (χ3n) is 2.57. The van der Waals surface area contributed by atoms with Crippen molar-refractivity contribution in [2.45, 2.75) is 19.9 Å². The van der Waals surface area contributed by atoms with E-state index in [1.165, 1.54) is 0 Å². The van der Waals surface area contributed by atoms with Crippen molar-refractivity contribution in [2.24, 2.45) is 0 Å². The summed E-state index contributed by atoms with van der Waals surface area (Å²) in [5, 5.41) is 11.4. The molecule has 1 aromatic heterocycles. The molecule has 0 aliphatic heterocycles. The molecule has 0 amide bonds. The van der Waals surface area contributed by atoms with Gasteiger partial charge in [-0.15, -0.1) is 10.2 Å². The second kappa shape index (κ2) is 7.21. The van der Waals surface area contributed by atoms with E-state index in [1.807, 2.05) is 37.3 Å². The van der Waals surface area contributed by atoms with Crippen LogP contribution in [0.5, 0.6) is 0 Å². The molecular formula is C14H16BrN3O. The fourth-order valence-electron chi connectivity index (χ4n) is 1.62. The number of nitrogens with zero attached hydrogens (tertiary/aromatic N) is 2. The van der Waals surface area contributed by atoms with Gasteiger partial charge in [0.05, 0.1) is 12.1 Å². The molecule has 0 bridgehead atoms. The van der Waals surface area contributed by atoms with Gasteiger partial charge in [-0.3, -0.25) is 0 Å². The molecule has 4 nitrogen and oxygen atoms in total. The van der Waals surface area contributed by atoms with Crippen molar-refractivity contribution in [3.05, 3.63) is 46.8 Å². The van der Waals surface area contributed by atoms with Gasteiger partial charge < -0.3 is 9.73 Å². The lowest BCUT2D eigenvalue weighted by molar-refractivity contribution is 0.479. The minimum Gasteiger partial charge on any atom is -0.419 e. The molecule has 0 radical (unpaired) electrons. The van der Waals surface area contributed by atoms with E-state index in [2.05, 4.69) is 37.5 Å². The van der Waals surface area contributed by atoms with Crippen LogP contribution in [0.15, 0.2) is 45.3 Å². The second-order valence-corrected chi connectivity index (χ2v) is 4.87. The fraction of sp³-hybridized carbons (Fsp3) is 0.286. The summed E-state index contributed by atoms with van der Waals surface area (Å²) in [6, 6.07) is 7.79. The van der Waals surface area contributed by atoms with E-state index in [9.17, 15) is 0 Å². The minimum absolute atomic E-state index is 0.540. The van der Waals surface area contributed by atoms with E-state index in [1.54, 1.807) is 0 Å². The number of hydrogen-bond donors (Lipinski definition) is 1. The van der Waals surface area contributed by atoms with Gasteiger partial charge in [-0.2, -0.15) is 0 Å². The molecule has 0 aliphatic rings. The Balaban J connectivity index is 1.94. The average molecular weight is 322 g/mol. The van der Waals surface area contributed by atoms with Gasteiger partial charge in [0.1, 0.15) is 0 Å². The van der Waals surface area contributed by atoms with Gasteiger partial charge >= 0.3 is 0 Å². The highest BCUT2D eigenvalue weighted by Gasteiger charge is 2.10. The van der Waals surface area contributed by atoms with Crippen LogP contribution in [-0.2, 0) is 6.54 Å². The Morgan fingerprint density at radius 3 is 2.95 bits per heavy atom. The number of allylic oxidation sites excluding steroid dienone is 1. The number of benzene rings is 1. The molecule has 0 saturated carbocycles. The first-order valence-electron chi connectivity index (χ1n) is 6.20. The molecule has 5 heteroatoms. The summed E-state index contributed by atoms with van der Waals surface area (Å²) in [7, 11) is 0. The van der Waals surface area contributed by atoms with E-state index in [4.69, 9.17) is 4.42 Å². The SMILES string of the molecule is C/C=C/CCNCc1nnc(-c2ccccc2Br)o1. The summed E-state index contributed by atoms with van der Waals surface area (Å²) < 4.78 is 6.57. The summed E-state index contributed by atoms with van der Waals surface area (Å²) >= 11 is 3.47. The van der Waals surface area contributed by atoms with Gasteiger partial charge in [-0.05, 0) is 48.0 Å². The van der Waals surface area contributed by atoms with Gasteiger partial charge in [-0.25, -0.2) is 0 Å². The third-order valence-corrected chi connectivity index (χ3v) is 3.26. The third kappa shape index (κ3) is 4.01. The molecule has 1 aromatic carbocycles. The van der Waals surface area contributed by atoms with Crippen LogP contribution < -0.4 is 5.32 Å². The van der Waals surface area contributed by atoms with E-state index >= 15 is 0 Å². The minimum atomic E-state index is 0.540. The predicted octanol–water partition coefficient (Wildman–Crippen LogP) is 3.55. The van der Waals surface area contributed by atoms with Crippen molar-refractivity contribution in [2.75, 3.05) is 6.54 Å². The lowest BCUT2D eigenvalue weighted by atomic mass is 10.2. The highest BCUT2D eigenvalue weighted by molar-refractivity contribution is 9.10. The second-order valence-electron chi connectivity index (χ2n) is 4.02. The number of halogens is 1. The molecule has 2 rings (SSSR count). The fourth-order valence-corrected chi connectivity index (χ4v) is 2.07. The zero-order valence-electron chi connectivity index (χ0n) is 10.8. The van der Waals surface area contributed by atoms with Gasteiger partial charge in [0.2, 0.25) is 11.8 Å². The first kappa shape index (κ1) is 14.0. The Labute approximate surface area is 121 Å². The average Bonchev–Trinajstić information content (AvgIpc) is 2.88. The number of rotatable bonds is 6. The maximum absolute atomic E-state index is 5.62. The highest BCUT2D eigenvalue weighted by atomic mass is 79.9. The number of hydrogen-bond acceptors (Lipinski definition) is 4. The van der Waals surface area contributed by atoms with Crippen molar-refractivity contribution in [1.29, 1.82) is 0 Å². The Kier molecular flexibility index (Phi) is 5.30. The molecule has 0 saturated heterocycles. The first-order valence-corrected chi connectivity index (χ1v) is 6.99. The first-order chi connectivity index (χ1) is 9.31. The van der Waals surface area contributed by atoms with E-state index < -0.39 is 0 Å². The van der Waals surface area contributed by atoms with Gasteiger partial charge in [0.15, 0.2) is 0 Å². The molecule has 19 heavy (non-hydrogen) atoms. The van der Waals surface area contributed by atoms with Crippen molar-refractivity contribution < 1.29 is 4.42 Å². The van der Waals surface area contributed by atoms with Crippen LogP contribution in [0, 0.1) is 0 Å².